The van der Waals surface area contributed by atoms with Gasteiger partial charge in [0, 0.05) is 26.3 Å². The van der Waals surface area contributed by atoms with Crippen molar-refractivity contribution < 1.29 is 4.74 Å². The van der Waals surface area contributed by atoms with Crippen LogP contribution in [0.1, 0.15) is 20.3 Å². The Morgan fingerprint density at radius 1 is 1.50 bits per heavy atom. The summed E-state index contributed by atoms with van der Waals surface area (Å²) >= 11 is 0. The quantitative estimate of drug-likeness (QED) is 0.650. The van der Waals surface area contributed by atoms with Crippen LogP contribution in [0.25, 0.3) is 0 Å². The molecule has 0 fully saturated rings. The summed E-state index contributed by atoms with van der Waals surface area (Å²) in [5.41, 5.74) is 0. The molecular formula is C9H18N2O. The maximum atomic E-state index is 8.51. The molecule has 0 rings (SSSR count). The lowest BCUT2D eigenvalue weighted by atomic mass is 10.2. The van der Waals surface area contributed by atoms with Crippen LogP contribution in [0.3, 0.4) is 0 Å². The Labute approximate surface area is 74.7 Å². The fourth-order valence-electron chi connectivity index (χ4n) is 0.820. The highest BCUT2D eigenvalue weighted by Crippen LogP contribution is 1.93. The van der Waals surface area contributed by atoms with E-state index in [4.69, 9.17) is 10.00 Å². The first-order valence-electron chi connectivity index (χ1n) is 4.32. The zero-order valence-corrected chi connectivity index (χ0v) is 8.13. The summed E-state index contributed by atoms with van der Waals surface area (Å²) in [6, 6.07) is 2.61. The second-order valence-electron chi connectivity index (χ2n) is 3.12. The Bertz CT molecular complexity index is 142. The lowest BCUT2D eigenvalue weighted by Gasteiger charge is -2.13. The van der Waals surface area contributed by atoms with Crippen molar-refractivity contribution in [2.75, 3.05) is 20.3 Å². The van der Waals surface area contributed by atoms with Crippen LogP contribution in [0.4, 0.5) is 0 Å². The molecule has 0 bridgehead atoms. The van der Waals surface area contributed by atoms with E-state index in [0.717, 1.165) is 19.6 Å². The predicted octanol–water partition coefficient (Wildman–Crippen LogP) is 1.16. The maximum Gasteiger partial charge on any atom is 0.0666 e. The van der Waals surface area contributed by atoms with E-state index >= 15 is 0 Å². The van der Waals surface area contributed by atoms with Gasteiger partial charge in [-0.2, -0.15) is 5.26 Å². The number of hydrogen-bond donors (Lipinski definition) is 1. The lowest BCUT2D eigenvalue weighted by molar-refractivity contribution is 0.184. The predicted molar refractivity (Wildman–Crippen MR) is 48.7 cm³/mol. The van der Waals surface area contributed by atoms with Crippen LogP contribution in [-0.2, 0) is 4.74 Å². The first kappa shape index (κ1) is 11.4. The van der Waals surface area contributed by atoms with Crippen LogP contribution in [0, 0.1) is 17.2 Å². The molecule has 12 heavy (non-hydrogen) atoms. The summed E-state index contributed by atoms with van der Waals surface area (Å²) in [6.07, 6.45) is 0.995. The van der Waals surface area contributed by atoms with Crippen molar-refractivity contribution in [2.24, 2.45) is 5.92 Å². The van der Waals surface area contributed by atoms with Gasteiger partial charge in [-0.15, -0.1) is 0 Å². The number of rotatable bonds is 6. The molecule has 0 spiro atoms. The summed E-state index contributed by atoms with van der Waals surface area (Å²) < 4.78 is 4.94. The normalized spacial score (nSPS) is 15.2. The summed E-state index contributed by atoms with van der Waals surface area (Å²) in [5, 5.41) is 11.8. The topological polar surface area (TPSA) is 45.0 Å². The molecule has 0 saturated carbocycles. The molecule has 0 aliphatic carbocycles. The first-order chi connectivity index (χ1) is 5.70. The van der Waals surface area contributed by atoms with Gasteiger partial charge in [-0.3, -0.25) is 0 Å². The maximum absolute atomic E-state index is 8.51. The SMILES string of the molecule is COCCC(C)NCC(C)C#N. The van der Waals surface area contributed by atoms with Crippen LogP contribution in [0.5, 0.6) is 0 Å². The molecule has 0 aromatic heterocycles. The largest absolute Gasteiger partial charge is 0.385 e. The van der Waals surface area contributed by atoms with Gasteiger partial charge < -0.3 is 10.1 Å². The zero-order valence-electron chi connectivity index (χ0n) is 8.13. The van der Waals surface area contributed by atoms with Gasteiger partial charge in [-0.05, 0) is 20.3 Å². The van der Waals surface area contributed by atoms with Crippen molar-refractivity contribution in [3.05, 3.63) is 0 Å². The minimum Gasteiger partial charge on any atom is -0.385 e. The summed E-state index contributed by atoms with van der Waals surface area (Å²) in [7, 11) is 1.70. The number of hydrogen-bond acceptors (Lipinski definition) is 3. The average molecular weight is 170 g/mol. The Morgan fingerprint density at radius 2 is 2.17 bits per heavy atom. The summed E-state index contributed by atoms with van der Waals surface area (Å²) in [6.45, 7) is 5.55. The minimum atomic E-state index is 0.0926. The van der Waals surface area contributed by atoms with Gasteiger partial charge in [0.2, 0.25) is 0 Å². The molecule has 0 saturated heterocycles. The van der Waals surface area contributed by atoms with Gasteiger partial charge in [0.15, 0.2) is 0 Å². The standard InChI is InChI=1S/C9H18N2O/c1-8(6-10)7-11-9(2)4-5-12-3/h8-9,11H,4-5,7H2,1-3H3. The van der Waals surface area contributed by atoms with Gasteiger partial charge in [0.05, 0.1) is 12.0 Å². The van der Waals surface area contributed by atoms with Gasteiger partial charge in [0.1, 0.15) is 0 Å². The van der Waals surface area contributed by atoms with Crippen molar-refractivity contribution >= 4 is 0 Å². The number of methoxy groups -OCH3 is 1. The van der Waals surface area contributed by atoms with Crippen LogP contribution < -0.4 is 5.32 Å². The molecule has 2 atom stereocenters. The van der Waals surface area contributed by atoms with Crippen molar-refractivity contribution in [1.29, 1.82) is 5.26 Å². The van der Waals surface area contributed by atoms with Gasteiger partial charge in [0.25, 0.3) is 0 Å². The van der Waals surface area contributed by atoms with Crippen molar-refractivity contribution in [2.45, 2.75) is 26.3 Å². The number of nitrogens with one attached hydrogen (secondary N) is 1. The highest BCUT2D eigenvalue weighted by Gasteiger charge is 2.03. The van der Waals surface area contributed by atoms with Crippen molar-refractivity contribution in [3.63, 3.8) is 0 Å². The first-order valence-corrected chi connectivity index (χ1v) is 4.32. The van der Waals surface area contributed by atoms with Crippen LogP contribution in [0.15, 0.2) is 0 Å². The van der Waals surface area contributed by atoms with Gasteiger partial charge in [-0.25, -0.2) is 0 Å². The highest BCUT2D eigenvalue weighted by molar-refractivity contribution is 4.80. The number of nitrogens with zero attached hydrogens (tertiary/aromatic N) is 1. The molecule has 0 aliphatic rings. The van der Waals surface area contributed by atoms with E-state index < -0.39 is 0 Å². The summed E-state index contributed by atoms with van der Waals surface area (Å²) in [4.78, 5) is 0. The average Bonchev–Trinajstić information content (AvgIpc) is 2.10. The zero-order chi connectivity index (χ0) is 9.40. The smallest absolute Gasteiger partial charge is 0.0666 e. The van der Waals surface area contributed by atoms with E-state index in [-0.39, 0.29) is 5.92 Å². The monoisotopic (exact) mass is 170 g/mol. The van der Waals surface area contributed by atoms with Gasteiger partial charge >= 0.3 is 0 Å². The van der Waals surface area contributed by atoms with Crippen LogP contribution in [-0.4, -0.2) is 26.3 Å². The van der Waals surface area contributed by atoms with E-state index in [1.807, 2.05) is 6.92 Å². The molecule has 0 heterocycles. The van der Waals surface area contributed by atoms with E-state index in [1.54, 1.807) is 7.11 Å². The fourth-order valence-corrected chi connectivity index (χ4v) is 0.820. The Hall–Kier alpha value is -0.590. The molecule has 2 unspecified atom stereocenters. The van der Waals surface area contributed by atoms with Crippen LogP contribution >= 0.6 is 0 Å². The van der Waals surface area contributed by atoms with E-state index in [2.05, 4.69) is 18.3 Å². The molecule has 0 aliphatic heterocycles. The third-order valence-corrected chi connectivity index (χ3v) is 1.75. The van der Waals surface area contributed by atoms with E-state index in [0.29, 0.717) is 6.04 Å². The van der Waals surface area contributed by atoms with Crippen LogP contribution in [0.2, 0.25) is 0 Å². The highest BCUT2D eigenvalue weighted by atomic mass is 16.5. The van der Waals surface area contributed by atoms with Gasteiger partial charge in [-0.1, -0.05) is 0 Å². The Kier molecular flexibility index (Phi) is 6.73. The second kappa shape index (κ2) is 7.08. The third kappa shape index (κ3) is 6.14. The van der Waals surface area contributed by atoms with Crippen molar-refractivity contribution in [3.8, 4) is 6.07 Å². The Morgan fingerprint density at radius 3 is 2.67 bits per heavy atom. The molecule has 0 aromatic rings. The Balaban J connectivity index is 3.31. The van der Waals surface area contributed by atoms with E-state index in [1.165, 1.54) is 0 Å². The second-order valence-corrected chi connectivity index (χ2v) is 3.12. The molecule has 0 radical (unpaired) electrons. The molecule has 3 nitrogen and oxygen atoms in total. The molecule has 0 amide bonds. The number of ether oxygens (including phenoxy) is 1. The molecule has 1 N–H and O–H groups in total. The number of nitriles is 1. The molecule has 70 valence electrons. The molecule has 0 aromatic carbocycles. The fraction of sp³-hybridized carbons (Fsp3) is 0.889. The van der Waals surface area contributed by atoms with Crippen molar-refractivity contribution in [1.82, 2.24) is 5.32 Å². The van der Waals surface area contributed by atoms with E-state index in [9.17, 15) is 0 Å². The molecular weight excluding hydrogens is 152 g/mol. The molecule has 3 heteroatoms. The lowest BCUT2D eigenvalue weighted by Crippen LogP contribution is -2.30. The minimum absolute atomic E-state index is 0.0926. The summed E-state index contributed by atoms with van der Waals surface area (Å²) in [5.74, 6) is 0.0926. The third-order valence-electron chi connectivity index (χ3n) is 1.75.